The molecule has 1 aromatic carbocycles. The lowest BCUT2D eigenvalue weighted by atomic mass is 10.1. The summed E-state index contributed by atoms with van der Waals surface area (Å²) >= 11 is 0. The van der Waals surface area contributed by atoms with Gasteiger partial charge in [0.2, 0.25) is 6.10 Å². The van der Waals surface area contributed by atoms with Crippen LogP contribution in [0.25, 0.3) is 0 Å². The number of esters is 1. The highest BCUT2D eigenvalue weighted by atomic mass is 16.6. The zero-order valence-electron chi connectivity index (χ0n) is 13.0. The Morgan fingerprint density at radius 1 is 1.27 bits per heavy atom. The molecule has 120 valence electrons. The van der Waals surface area contributed by atoms with Gasteiger partial charge in [0.1, 0.15) is 12.7 Å². The highest BCUT2D eigenvalue weighted by molar-refractivity contribution is 5.76. The molecule has 0 bridgehead atoms. The Kier molecular flexibility index (Phi) is 4.83. The average molecular weight is 305 g/mol. The number of carbonyl (C=O) groups is 1. The fourth-order valence-corrected chi connectivity index (χ4v) is 2.95. The van der Waals surface area contributed by atoms with E-state index in [9.17, 15) is 4.79 Å². The second-order valence-corrected chi connectivity index (χ2v) is 5.97. The molecule has 22 heavy (non-hydrogen) atoms. The van der Waals surface area contributed by atoms with Gasteiger partial charge < -0.3 is 14.2 Å². The molecule has 5 nitrogen and oxygen atoms in total. The summed E-state index contributed by atoms with van der Waals surface area (Å²) in [5, 5.41) is 0. The van der Waals surface area contributed by atoms with Crippen LogP contribution in [0.2, 0.25) is 0 Å². The van der Waals surface area contributed by atoms with Crippen molar-refractivity contribution in [3.63, 3.8) is 0 Å². The quantitative estimate of drug-likeness (QED) is 0.799. The van der Waals surface area contributed by atoms with Crippen LogP contribution in [0.4, 0.5) is 0 Å². The van der Waals surface area contributed by atoms with Crippen molar-refractivity contribution in [3.05, 3.63) is 24.3 Å². The Morgan fingerprint density at radius 2 is 2.00 bits per heavy atom. The first-order valence-corrected chi connectivity index (χ1v) is 8.04. The fraction of sp³-hybridized carbons (Fsp3) is 0.588. The number of carbonyl (C=O) groups excluding carboxylic acids is 1. The average Bonchev–Trinajstić information content (AvgIpc) is 2.55. The first kappa shape index (κ1) is 15.2. The molecule has 2 aliphatic heterocycles. The van der Waals surface area contributed by atoms with Gasteiger partial charge in [-0.3, -0.25) is 4.90 Å². The molecule has 1 aromatic rings. The normalized spacial score (nSPS) is 22.9. The number of hydrogen-bond acceptors (Lipinski definition) is 5. The van der Waals surface area contributed by atoms with E-state index in [2.05, 4.69) is 4.90 Å². The van der Waals surface area contributed by atoms with E-state index in [4.69, 9.17) is 14.2 Å². The predicted octanol–water partition coefficient (Wildman–Crippen LogP) is 2.24. The minimum Gasteiger partial charge on any atom is -0.485 e. The monoisotopic (exact) mass is 305 g/mol. The van der Waals surface area contributed by atoms with E-state index >= 15 is 0 Å². The summed E-state index contributed by atoms with van der Waals surface area (Å²) < 4.78 is 16.7. The van der Waals surface area contributed by atoms with Gasteiger partial charge in [-0.15, -0.1) is 0 Å². The molecule has 0 N–H and O–H groups in total. The molecular formula is C17H23NO4. The van der Waals surface area contributed by atoms with Crippen molar-refractivity contribution in [2.24, 2.45) is 0 Å². The van der Waals surface area contributed by atoms with Gasteiger partial charge >= 0.3 is 5.97 Å². The van der Waals surface area contributed by atoms with Crippen molar-refractivity contribution in [2.45, 2.75) is 38.4 Å². The number of piperidine rings is 1. The fourth-order valence-electron chi connectivity index (χ4n) is 2.95. The summed E-state index contributed by atoms with van der Waals surface area (Å²) in [6.07, 6.45) is 2.95. The molecule has 0 aromatic heterocycles. The Labute approximate surface area is 131 Å². The minimum absolute atomic E-state index is 0.133. The van der Waals surface area contributed by atoms with Gasteiger partial charge in [-0.25, -0.2) is 4.79 Å². The molecule has 0 radical (unpaired) electrons. The van der Waals surface area contributed by atoms with Gasteiger partial charge in [0.25, 0.3) is 0 Å². The van der Waals surface area contributed by atoms with Crippen LogP contribution in [0.1, 0.15) is 26.2 Å². The molecular weight excluding hydrogens is 282 g/mol. The lowest BCUT2D eigenvalue weighted by molar-refractivity contribution is -0.160. The number of nitrogens with zero attached hydrogens (tertiary/aromatic N) is 1. The number of para-hydroxylation sites is 2. The van der Waals surface area contributed by atoms with Gasteiger partial charge in [-0.2, -0.15) is 0 Å². The van der Waals surface area contributed by atoms with Crippen LogP contribution >= 0.6 is 0 Å². The van der Waals surface area contributed by atoms with Crippen LogP contribution in [0.3, 0.4) is 0 Å². The first-order valence-electron chi connectivity index (χ1n) is 8.04. The van der Waals surface area contributed by atoms with Crippen LogP contribution in [-0.4, -0.2) is 49.3 Å². The SMILES string of the molecule is C[C@@H](CN1CCCCC1)OC(=O)[C@@H]1COc2ccccc2O1. The van der Waals surface area contributed by atoms with Gasteiger partial charge in [-0.1, -0.05) is 18.6 Å². The van der Waals surface area contributed by atoms with Crippen LogP contribution < -0.4 is 9.47 Å². The van der Waals surface area contributed by atoms with Crippen LogP contribution in [0.5, 0.6) is 11.5 Å². The van der Waals surface area contributed by atoms with Crippen molar-refractivity contribution in [2.75, 3.05) is 26.2 Å². The molecule has 3 rings (SSSR count). The van der Waals surface area contributed by atoms with Crippen molar-refractivity contribution >= 4 is 5.97 Å². The summed E-state index contributed by atoms with van der Waals surface area (Å²) in [4.78, 5) is 14.6. The third-order valence-electron chi connectivity index (χ3n) is 4.05. The van der Waals surface area contributed by atoms with Gasteiger partial charge in [0.15, 0.2) is 11.5 Å². The molecule has 2 aliphatic rings. The van der Waals surface area contributed by atoms with Gasteiger partial charge in [0.05, 0.1) is 0 Å². The Morgan fingerprint density at radius 3 is 2.77 bits per heavy atom. The maximum atomic E-state index is 12.2. The molecule has 5 heteroatoms. The summed E-state index contributed by atoms with van der Waals surface area (Å²) in [7, 11) is 0. The third-order valence-corrected chi connectivity index (χ3v) is 4.05. The molecule has 1 fully saturated rings. The maximum Gasteiger partial charge on any atom is 0.351 e. The summed E-state index contributed by atoms with van der Waals surface area (Å²) in [6, 6.07) is 7.36. The van der Waals surface area contributed by atoms with E-state index in [1.165, 1.54) is 19.3 Å². The number of likely N-dealkylation sites (tertiary alicyclic amines) is 1. The predicted molar refractivity (Wildman–Crippen MR) is 82.2 cm³/mol. The van der Waals surface area contributed by atoms with Crippen molar-refractivity contribution < 1.29 is 19.0 Å². The summed E-state index contributed by atoms with van der Waals surface area (Å²) in [5.41, 5.74) is 0. The van der Waals surface area contributed by atoms with Crippen molar-refractivity contribution in [1.29, 1.82) is 0 Å². The van der Waals surface area contributed by atoms with E-state index < -0.39 is 6.10 Å². The number of benzene rings is 1. The number of hydrogen-bond donors (Lipinski definition) is 0. The molecule has 1 saturated heterocycles. The highest BCUT2D eigenvalue weighted by Crippen LogP contribution is 2.31. The van der Waals surface area contributed by atoms with Crippen LogP contribution in [0, 0.1) is 0 Å². The molecule has 0 saturated carbocycles. The smallest absolute Gasteiger partial charge is 0.351 e. The summed E-state index contributed by atoms with van der Waals surface area (Å²) in [6.45, 7) is 5.11. The number of fused-ring (bicyclic) bond motifs is 1. The standard InChI is InChI=1S/C17H23NO4/c1-13(11-18-9-5-2-6-10-18)21-17(19)16-12-20-14-7-3-4-8-15(14)22-16/h3-4,7-8,13,16H,2,5-6,9-12H2,1H3/t13-,16-/m0/s1. The van der Waals surface area contributed by atoms with E-state index in [1.807, 2.05) is 25.1 Å². The molecule has 0 aliphatic carbocycles. The number of ether oxygens (including phenoxy) is 3. The Hall–Kier alpha value is -1.75. The zero-order valence-corrected chi connectivity index (χ0v) is 13.0. The van der Waals surface area contributed by atoms with Crippen LogP contribution in [0.15, 0.2) is 24.3 Å². The van der Waals surface area contributed by atoms with Crippen molar-refractivity contribution in [3.8, 4) is 11.5 Å². The topological polar surface area (TPSA) is 48.0 Å². The maximum absolute atomic E-state index is 12.2. The van der Waals surface area contributed by atoms with E-state index in [1.54, 1.807) is 6.07 Å². The zero-order chi connectivity index (χ0) is 15.4. The summed E-state index contributed by atoms with van der Waals surface area (Å²) in [5.74, 6) is 0.923. The first-order chi connectivity index (χ1) is 10.7. The molecule has 2 atom stereocenters. The molecule has 0 spiro atoms. The molecule has 2 heterocycles. The molecule has 0 amide bonds. The number of rotatable bonds is 4. The molecule has 0 unspecified atom stereocenters. The van der Waals surface area contributed by atoms with E-state index in [0.29, 0.717) is 11.5 Å². The van der Waals surface area contributed by atoms with Gasteiger partial charge in [-0.05, 0) is 45.0 Å². The second kappa shape index (κ2) is 7.01. The minimum atomic E-state index is -0.682. The Balaban J connectivity index is 1.49. The third kappa shape index (κ3) is 3.71. The van der Waals surface area contributed by atoms with Gasteiger partial charge in [0, 0.05) is 6.54 Å². The van der Waals surface area contributed by atoms with E-state index in [0.717, 1.165) is 19.6 Å². The Bertz CT molecular complexity index is 513. The lowest BCUT2D eigenvalue weighted by Crippen LogP contribution is -2.42. The van der Waals surface area contributed by atoms with Crippen molar-refractivity contribution in [1.82, 2.24) is 4.90 Å². The lowest BCUT2D eigenvalue weighted by Gasteiger charge is -2.30. The van der Waals surface area contributed by atoms with Crippen LogP contribution in [-0.2, 0) is 9.53 Å². The second-order valence-electron chi connectivity index (χ2n) is 5.97. The largest absolute Gasteiger partial charge is 0.485 e. The highest BCUT2D eigenvalue weighted by Gasteiger charge is 2.30. The van der Waals surface area contributed by atoms with E-state index in [-0.39, 0.29) is 18.7 Å².